The third kappa shape index (κ3) is 3.98. The molecule has 1 heterocycles. The fourth-order valence-electron chi connectivity index (χ4n) is 2.57. The number of hydrogen-bond donors (Lipinski definition) is 2. The molecule has 1 unspecified atom stereocenters. The van der Waals surface area contributed by atoms with Crippen molar-refractivity contribution in [3.05, 3.63) is 0 Å². The van der Waals surface area contributed by atoms with E-state index in [0.29, 0.717) is 6.04 Å². The van der Waals surface area contributed by atoms with Gasteiger partial charge in [-0.2, -0.15) is 0 Å². The van der Waals surface area contributed by atoms with E-state index in [2.05, 4.69) is 17.1 Å². The summed E-state index contributed by atoms with van der Waals surface area (Å²) >= 11 is 0. The first-order valence-corrected chi connectivity index (χ1v) is 6.46. The second-order valence-electron chi connectivity index (χ2n) is 5.22. The van der Waals surface area contributed by atoms with Crippen molar-refractivity contribution in [2.75, 3.05) is 19.6 Å². The average Bonchev–Trinajstić information content (AvgIpc) is 2.26. The molecule has 0 aromatic rings. The minimum Gasteiger partial charge on any atom is -0.350 e. The minimum atomic E-state index is -0.547. The van der Waals surface area contributed by atoms with Crippen LogP contribution >= 0.6 is 24.8 Å². The van der Waals surface area contributed by atoms with Crippen molar-refractivity contribution >= 4 is 30.7 Å². The van der Waals surface area contributed by atoms with E-state index >= 15 is 0 Å². The topological polar surface area (TPSA) is 58.4 Å². The van der Waals surface area contributed by atoms with Crippen LogP contribution in [0.2, 0.25) is 0 Å². The molecule has 1 amide bonds. The van der Waals surface area contributed by atoms with Crippen molar-refractivity contribution < 1.29 is 4.79 Å². The number of halogens is 2. The Morgan fingerprint density at radius 1 is 1.39 bits per heavy atom. The van der Waals surface area contributed by atoms with E-state index in [9.17, 15) is 4.79 Å². The van der Waals surface area contributed by atoms with Gasteiger partial charge in [-0.25, -0.2) is 0 Å². The van der Waals surface area contributed by atoms with E-state index in [1.165, 1.54) is 6.42 Å². The van der Waals surface area contributed by atoms with Gasteiger partial charge in [-0.1, -0.05) is 6.92 Å². The van der Waals surface area contributed by atoms with Gasteiger partial charge >= 0.3 is 0 Å². The summed E-state index contributed by atoms with van der Waals surface area (Å²) < 4.78 is 0. The Kier molecular flexibility index (Phi) is 7.52. The molecule has 0 aromatic heterocycles. The highest BCUT2D eigenvalue weighted by atomic mass is 35.5. The molecule has 2 rings (SSSR count). The predicted octanol–water partition coefficient (Wildman–Crippen LogP) is 1.31. The number of likely N-dealkylation sites (tertiary alicyclic amines) is 1. The highest BCUT2D eigenvalue weighted by molar-refractivity contribution is 5.87. The first kappa shape index (κ1) is 18.0. The van der Waals surface area contributed by atoms with Crippen molar-refractivity contribution in [3.63, 3.8) is 0 Å². The molecule has 1 aliphatic heterocycles. The van der Waals surface area contributed by atoms with E-state index in [1.54, 1.807) is 0 Å². The molecule has 0 aromatic carbocycles. The lowest BCUT2D eigenvalue weighted by molar-refractivity contribution is -0.130. The zero-order chi connectivity index (χ0) is 11.6. The van der Waals surface area contributed by atoms with Crippen molar-refractivity contribution in [3.8, 4) is 0 Å². The lowest BCUT2D eigenvalue weighted by Gasteiger charge is -2.39. The van der Waals surface area contributed by atoms with Crippen LogP contribution in [-0.4, -0.2) is 42.0 Å². The SMILES string of the molecule is CCN1CCCC(NC(=O)C2(N)CCC2)C1.Cl.Cl. The van der Waals surface area contributed by atoms with Crippen molar-refractivity contribution in [2.24, 2.45) is 5.73 Å². The van der Waals surface area contributed by atoms with Gasteiger partial charge in [-0.05, 0) is 45.2 Å². The first-order chi connectivity index (χ1) is 7.64. The molecule has 1 aliphatic carbocycles. The Bertz CT molecular complexity index is 272. The fraction of sp³-hybridized carbons (Fsp3) is 0.917. The van der Waals surface area contributed by atoms with Crippen molar-refractivity contribution in [2.45, 2.75) is 50.6 Å². The summed E-state index contributed by atoms with van der Waals surface area (Å²) in [6, 6.07) is 0.308. The van der Waals surface area contributed by atoms with Crippen LogP contribution in [-0.2, 0) is 4.79 Å². The molecule has 2 fully saturated rings. The number of likely N-dealkylation sites (N-methyl/N-ethyl adjacent to an activating group) is 1. The molecule has 3 N–H and O–H groups in total. The van der Waals surface area contributed by atoms with Gasteiger partial charge in [-0.3, -0.25) is 4.79 Å². The Balaban J connectivity index is 0.00000144. The highest BCUT2D eigenvalue weighted by Crippen LogP contribution is 2.29. The molecule has 0 spiro atoms. The summed E-state index contributed by atoms with van der Waals surface area (Å²) in [4.78, 5) is 14.3. The standard InChI is InChI=1S/C12H23N3O.2ClH/c1-2-15-8-3-5-10(9-15)14-11(16)12(13)6-4-7-12;;/h10H,2-9,13H2,1H3,(H,14,16);2*1H. The van der Waals surface area contributed by atoms with Gasteiger partial charge in [0.1, 0.15) is 0 Å². The van der Waals surface area contributed by atoms with E-state index in [1.807, 2.05) is 0 Å². The van der Waals surface area contributed by atoms with Gasteiger partial charge in [0.05, 0.1) is 5.54 Å². The lowest BCUT2D eigenvalue weighted by atomic mass is 9.77. The molecule has 1 saturated carbocycles. The van der Waals surface area contributed by atoms with Crippen LogP contribution < -0.4 is 11.1 Å². The fourth-order valence-corrected chi connectivity index (χ4v) is 2.57. The van der Waals surface area contributed by atoms with Crippen LogP contribution in [0.25, 0.3) is 0 Å². The monoisotopic (exact) mass is 297 g/mol. The molecule has 0 bridgehead atoms. The van der Waals surface area contributed by atoms with E-state index in [-0.39, 0.29) is 30.7 Å². The van der Waals surface area contributed by atoms with Gasteiger partial charge in [0, 0.05) is 12.6 Å². The number of amides is 1. The van der Waals surface area contributed by atoms with Gasteiger partial charge in [0.15, 0.2) is 0 Å². The Morgan fingerprint density at radius 2 is 2.06 bits per heavy atom. The summed E-state index contributed by atoms with van der Waals surface area (Å²) in [7, 11) is 0. The smallest absolute Gasteiger partial charge is 0.240 e. The Labute approximate surface area is 122 Å². The number of hydrogen-bond acceptors (Lipinski definition) is 3. The largest absolute Gasteiger partial charge is 0.350 e. The second-order valence-corrected chi connectivity index (χ2v) is 5.22. The summed E-state index contributed by atoms with van der Waals surface area (Å²) in [5.41, 5.74) is 5.46. The summed E-state index contributed by atoms with van der Waals surface area (Å²) in [6.45, 7) is 5.38. The van der Waals surface area contributed by atoms with Crippen molar-refractivity contribution in [1.82, 2.24) is 10.2 Å². The number of nitrogens with two attached hydrogens (primary N) is 1. The van der Waals surface area contributed by atoms with Gasteiger partial charge < -0.3 is 16.0 Å². The number of nitrogens with one attached hydrogen (secondary N) is 1. The van der Waals surface area contributed by atoms with E-state index in [4.69, 9.17) is 5.73 Å². The van der Waals surface area contributed by atoms with Crippen LogP contribution in [0.4, 0.5) is 0 Å². The normalized spacial score (nSPS) is 26.2. The third-order valence-corrected chi connectivity index (χ3v) is 3.99. The maximum Gasteiger partial charge on any atom is 0.240 e. The number of rotatable bonds is 3. The maximum atomic E-state index is 12.0. The van der Waals surface area contributed by atoms with Gasteiger partial charge in [-0.15, -0.1) is 24.8 Å². The molecule has 108 valence electrons. The quantitative estimate of drug-likeness (QED) is 0.826. The number of carbonyl (C=O) groups is 1. The number of nitrogens with zero attached hydrogens (tertiary/aromatic N) is 1. The molecule has 0 radical (unpaired) electrons. The molecule has 18 heavy (non-hydrogen) atoms. The van der Waals surface area contributed by atoms with Gasteiger partial charge in [0.2, 0.25) is 5.91 Å². The van der Waals surface area contributed by atoms with Crippen LogP contribution in [0.5, 0.6) is 0 Å². The molecule has 1 atom stereocenters. The van der Waals surface area contributed by atoms with Crippen LogP contribution in [0, 0.1) is 0 Å². The van der Waals surface area contributed by atoms with Crippen LogP contribution in [0.15, 0.2) is 0 Å². The predicted molar refractivity (Wildman–Crippen MR) is 78.5 cm³/mol. The van der Waals surface area contributed by atoms with Crippen LogP contribution in [0.3, 0.4) is 0 Å². The molecule has 1 saturated heterocycles. The molecule has 6 heteroatoms. The number of piperidine rings is 1. The Hall–Kier alpha value is -0.0300. The third-order valence-electron chi connectivity index (χ3n) is 3.99. The maximum absolute atomic E-state index is 12.0. The van der Waals surface area contributed by atoms with Gasteiger partial charge in [0.25, 0.3) is 0 Å². The first-order valence-electron chi connectivity index (χ1n) is 6.46. The van der Waals surface area contributed by atoms with Crippen LogP contribution in [0.1, 0.15) is 39.0 Å². The highest BCUT2D eigenvalue weighted by Gasteiger charge is 2.40. The average molecular weight is 298 g/mol. The van der Waals surface area contributed by atoms with E-state index < -0.39 is 5.54 Å². The van der Waals surface area contributed by atoms with Crippen molar-refractivity contribution in [1.29, 1.82) is 0 Å². The molecular formula is C12H25Cl2N3O. The minimum absolute atomic E-state index is 0. The summed E-state index contributed by atoms with van der Waals surface area (Å²) in [5, 5.41) is 3.12. The second kappa shape index (κ2) is 7.53. The molecule has 2 aliphatic rings. The lowest BCUT2D eigenvalue weighted by Crippen LogP contribution is -2.61. The summed E-state index contributed by atoms with van der Waals surface area (Å²) in [5.74, 6) is 0.0710. The Morgan fingerprint density at radius 3 is 2.56 bits per heavy atom. The zero-order valence-corrected chi connectivity index (χ0v) is 12.6. The number of carbonyl (C=O) groups excluding carboxylic acids is 1. The molecule has 4 nitrogen and oxygen atoms in total. The molecular weight excluding hydrogens is 273 g/mol. The van der Waals surface area contributed by atoms with E-state index in [0.717, 1.165) is 45.3 Å². The summed E-state index contributed by atoms with van der Waals surface area (Å²) in [6.07, 6.45) is 5.07. The zero-order valence-electron chi connectivity index (χ0n) is 11.0.